The van der Waals surface area contributed by atoms with E-state index in [-0.39, 0.29) is 5.92 Å². The smallest absolute Gasteiger partial charge is 0.300 e. The number of carbonyl (C=O) groups is 1. The van der Waals surface area contributed by atoms with Crippen LogP contribution in [0.4, 0.5) is 18.3 Å². The summed E-state index contributed by atoms with van der Waals surface area (Å²) in [6.45, 7) is 1.53. The van der Waals surface area contributed by atoms with E-state index in [1.54, 1.807) is 5.38 Å². The third kappa shape index (κ3) is 2.99. The number of thiazole rings is 1. The van der Waals surface area contributed by atoms with Gasteiger partial charge >= 0.3 is 6.18 Å². The summed E-state index contributed by atoms with van der Waals surface area (Å²) in [6, 6.07) is 0.209. The summed E-state index contributed by atoms with van der Waals surface area (Å²) in [5.74, 6) is -0.382. The molecular formula is C13H13F3N4OS. The van der Waals surface area contributed by atoms with Crippen molar-refractivity contribution in [2.45, 2.75) is 37.9 Å². The number of anilines is 1. The molecule has 5 nitrogen and oxygen atoms in total. The fourth-order valence-corrected chi connectivity index (χ4v) is 2.68. The lowest BCUT2D eigenvalue weighted by atomic mass is 10.2. The maximum absolute atomic E-state index is 12.9. The fourth-order valence-electron chi connectivity index (χ4n) is 2.15. The first-order valence-corrected chi connectivity index (χ1v) is 7.61. The molecule has 1 atom stereocenters. The first-order chi connectivity index (χ1) is 10.4. The number of hydrogen-bond acceptors (Lipinski definition) is 4. The number of carbonyl (C=O) groups excluding carboxylic acids is 1. The van der Waals surface area contributed by atoms with Gasteiger partial charge < -0.3 is 5.32 Å². The molecular weight excluding hydrogens is 317 g/mol. The van der Waals surface area contributed by atoms with Crippen molar-refractivity contribution >= 4 is 22.4 Å². The van der Waals surface area contributed by atoms with Crippen molar-refractivity contribution in [1.82, 2.24) is 14.8 Å². The van der Waals surface area contributed by atoms with Crippen LogP contribution in [0.5, 0.6) is 0 Å². The Morgan fingerprint density at radius 1 is 1.50 bits per heavy atom. The molecule has 1 aliphatic carbocycles. The Morgan fingerprint density at radius 2 is 2.23 bits per heavy atom. The van der Waals surface area contributed by atoms with Gasteiger partial charge in [0, 0.05) is 23.2 Å². The van der Waals surface area contributed by atoms with Crippen molar-refractivity contribution in [3.05, 3.63) is 29.0 Å². The number of rotatable bonds is 4. The van der Waals surface area contributed by atoms with Gasteiger partial charge in [0.2, 0.25) is 0 Å². The monoisotopic (exact) mass is 330 g/mol. The second-order valence-electron chi connectivity index (χ2n) is 5.17. The van der Waals surface area contributed by atoms with Crippen LogP contribution < -0.4 is 5.32 Å². The molecule has 0 unspecified atom stereocenters. The molecule has 0 aromatic carbocycles. The molecule has 1 fully saturated rings. The van der Waals surface area contributed by atoms with Gasteiger partial charge in [-0.1, -0.05) is 0 Å². The van der Waals surface area contributed by atoms with Crippen LogP contribution in [-0.4, -0.2) is 20.7 Å². The van der Waals surface area contributed by atoms with Gasteiger partial charge in [0.05, 0.1) is 0 Å². The third-order valence-corrected chi connectivity index (χ3v) is 4.15. The van der Waals surface area contributed by atoms with Gasteiger partial charge in [0.25, 0.3) is 5.91 Å². The molecule has 9 heteroatoms. The highest BCUT2D eigenvalue weighted by Crippen LogP contribution is 2.43. The molecule has 1 amide bonds. The Labute approximate surface area is 128 Å². The first kappa shape index (κ1) is 15.0. The van der Waals surface area contributed by atoms with Gasteiger partial charge in [-0.15, -0.1) is 11.3 Å². The lowest BCUT2D eigenvalue weighted by molar-refractivity contribution is -0.141. The Balaban J connectivity index is 1.86. The van der Waals surface area contributed by atoms with Gasteiger partial charge in [-0.2, -0.15) is 18.3 Å². The van der Waals surface area contributed by atoms with E-state index in [1.165, 1.54) is 29.1 Å². The van der Waals surface area contributed by atoms with E-state index >= 15 is 0 Å². The van der Waals surface area contributed by atoms with Crippen LogP contribution in [0.25, 0.3) is 0 Å². The average molecular weight is 330 g/mol. The van der Waals surface area contributed by atoms with Crippen LogP contribution in [0.3, 0.4) is 0 Å². The van der Waals surface area contributed by atoms with E-state index in [0.717, 1.165) is 18.9 Å². The standard InChI is InChI=1S/C13H13F3N4OS/c1-7(11(21)18-12-17-4-5-22-12)20-9(8-2-3-8)6-10(19-20)13(14,15)16/h4-8H,2-3H2,1H3,(H,17,18,21)/t7-/m0/s1. The minimum absolute atomic E-state index is 0.0544. The van der Waals surface area contributed by atoms with Crippen LogP contribution in [0.1, 0.15) is 43.1 Å². The molecule has 2 aromatic rings. The Morgan fingerprint density at radius 3 is 2.77 bits per heavy atom. The highest BCUT2D eigenvalue weighted by molar-refractivity contribution is 7.13. The Kier molecular flexibility index (Phi) is 3.67. The summed E-state index contributed by atoms with van der Waals surface area (Å²) < 4.78 is 39.7. The minimum Gasteiger partial charge on any atom is -0.300 e. The van der Waals surface area contributed by atoms with Gasteiger partial charge in [-0.3, -0.25) is 9.48 Å². The summed E-state index contributed by atoms with van der Waals surface area (Å²) in [5, 5.41) is 8.30. The summed E-state index contributed by atoms with van der Waals surface area (Å²) in [5.41, 5.74) is -0.489. The molecule has 1 aliphatic rings. The number of nitrogens with zero attached hydrogens (tertiary/aromatic N) is 3. The predicted octanol–water partition coefficient (Wildman–Crippen LogP) is 3.44. The topological polar surface area (TPSA) is 59.8 Å². The van der Waals surface area contributed by atoms with Crippen LogP contribution >= 0.6 is 11.3 Å². The zero-order valence-corrected chi connectivity index (χ0v) is 12.4. The van der Waals surface area contributed by atoms with Gasteiger partial charge in [-0.25, -0.2) is 4.98 Å². The average Bonchev–Trinajstić information content (AvgIpc) is 2.99. The number of aromatic nitrogens is 3. The van der Waals surface area contributed by atoms with Crippen LogP contribution in [0.15, 0.2) is 17.6 Å². The summed E-state index contributed by atoms with van der Waals surface area (Å²) in [6.07, 6.45) is -1.33. The van der Waals surface area contributed by atoms with Crippen LogP contribution in [-0.2, 0) is 11.0 Å². The number of amides is 1. The van der Waals surface area contributed by atoms with Crippen LogP contribution in [0, 0.1) is 0 Å². The second kappa shape index (κ2) is 5.38. The van der Waals surface area contributed by atoms with Crippen molar-refractivity contribution in [1.29, 1.82) is 0 Å². The number of alkyl halides is 3. The summed E-state index contributed by atoms with van der Waals surface area (Å²) >= 11 is 1.24. The van der Waals surface area contributed by atoms with Crippen molar-refractivity contribution in [3.8, 4) is 0 Å². The zero-order valence-electron chi connectivity index (χ0n) is 11.6. The highest BCUT2D eigenvalue weighted by atomic mass is 32.1. The van der Waals surface area contributed by atoms with Gasteiger partial charge in [0.1, 0.15) is 6.04 Å². The van der Waals surface area contributed by atoms with E-state index in [2.05, 4.69) is 15.4 Å². The first-order valence-electron chi connectivity index (χ1n) is 6.73. The number of nitrogens with one attached hydrogen (secondary N) is 1. The second-order valence-corrected chi connectivity index (χ2v) is 6.07. The molecule has 0 saturated heterocycles. The zero-order chi connectivity index (χ0) is 15.9. The van der Waals surface area contributed by atoms with Crippen LogP contribution in [0.2, 0.25) is 0 Å². The molecule has 2 heterocycles. The van der Waals surface area contributed by atoms with Gasteiger partial charge in [0.15, 0.2) is 10.8 Å². The third-order valence-electron chi connectivity index (χ3n) is 3.46. The van der Waals surface area contributed by atoms with Crippen molar-refractivity contribution in [3.63, 3.8) is 0 Å². The maximum atomic E-state index is 12.9. The molecule has 1 N–H and O–H groups in total. The predicted molar refractivity (Wildman–Crippen MR) is 74.7 cm³/mol. The van der Waals surface area contributed by atoms with Crippen molar-refractivity contribution < 1.29 is 18.0 Å². The largest absolute Gasteiger partial charge is 0.435 e. The SMILES string of the molecule is C[C@@H](C(=O)Nc1nccs1)n1nc(C(F)(F)F)cc1C1CC1. The molecule has 0 bridgehead atoms. The maximum Gasteiger partial charge on any atom is 0.435 e. The quantitative estimate of drug-likeness (QED) is 0.934. The van der Waals surface area contributed by atoms with E-state index in [1.807, 2.05) is 0 Å². The lowest BCUT2D eigenvalue weighted by Gasteiger charge is -2.14. The molecule has 118 valence electrons. The van der Waals surface area contributed by atoms with E-state index in [0.29, 0.717) is 10.8 Å². The molecule has 1 saturated carbocycles. The number of halogens is 3. The minimum atomic E-state index is -4.51. The van der Waals surface area contributed by atoms with Crippen molar-refractivity contribution in [2.24, 2.45) is 0 Å². The summed E-state index contributed by atoms with van der Waals surface area (Å²) in [4.78, 5) is 16.1. The molecule has 22 heavy (non-hydrogen) atoms. The lowest BCUT2D eigenvalue weighted by Crippen LogP contribution is -2.26. The number of hydrogen-bond donors (Lipinski definition) is 1. The van der Waals surface area contributed by atoms with E-state index in [4.69, 9.17) is 0 Å². The molecule has 0 radical (unpaired) electrons. The van der Waals surface area contributed by atoms with E-state index < -0.39 is 23.8 Å². The Bertz CT molecular complexity index is 676. The molecule has 0 aliphatic heterocycles. The molecule has 2 aromatic heterocycles. The normalized spacial score (nSPS) is 16.5. The highest BCUT2D eigenvalue weighted by Gasteiger charge is 2.39. The fraction of sp³-hybridized carbons (Fsp3) is 0.462. The molecule has 0 spiro atoms. The van der Waals surface area contributed by atoms with Gasteiger partial charge in [-0.05, 0) is 25.8 Å². The summed E-state index contributed by atoms with van der Waals surface area (Å²) in [7, 11) is 0. The molecule has 3 rings (SSSR count). The Hall–Kier alpha value is -1.90. The van der Waals surface area contributed by atoms with Crippen molar-refractivity contribution in [2.75, 3.05) is 5.32 Å². The van der Waals surface area contributed by atoms with E-state index in [9.17, 15) is 18.0 Å².